The lowest BCUT2D eigenvalue weighted by Gasteiger charge is -2.11. The van der Waals surface area contributed by atoms with E-state index in [9.17, 15) is 9.59 Å². The summed E-state index contributed by atoms with van der Waals surface area (Å²) in [6.07, 6.45) is 4.47. The monoisotopic (exact) mass is 712 g/mol. The molecule has 0 saturated heterocycles. The smallest absolute Gasteiger partial charge is 0.354 e. The average Bonchev–Trinajstić information content (AvgIpc) is 3.99. The van der Waals surface area contributed by atoms with Crippen LogP contribution >= 0.6 is 0 Å². The molecule has 2 atom stereocenters. The molecule has 2 aliphatic rings. The molecule has 0 saturated carbocycles. The summed E-state index contributed by atoms with van der Waals surface area (Å²) in [5.41, 5.74) is 10.3. The molecule has 8 rings (SSSR count). The third-order valence-corrected chi connectivity index (χ3v) is 8.08. The summed E-state index contributed by atoms with van der Waals surface area (Å²) in [7, 11) is 3.32. The van der Waals surface area contributed by atoms with Crippen molar-refractivity contribution in [2.45, 2.75) is 46.2 Å². The molecule has 1 amide bonds. The first-order chi connectivity index (χ1) is 24.6. The van der Waals surface area contributed by atoms with E-state index in [-0.39, 0.29) is 31.1 Å². The van der Waals surface area contributed by atoms with Crippen molar-refractivity contribution in [3.05, 3.63) is 95.2 Å². The van der Waals surface area contributed by atoms with Gasteiger partial charge in [-0.05, 0) is 24.3 Å². The summed E-state index contributed by atoms with van der Waals surface area (Å²) in [4.78, 5) is 31.2. The number of aromatic nitrogens is 8. The van der Waals surface area contributed by atoms with Crippen molar-refractivity contribution in [2.75, 3.05) is 13.2 Å². The summed E-state index contributed by atoms with van der Waals surface area (Å²) < 4.78 is 24.3. The number of aryl methyl sites for hydroxylation is 4. The predicted octanol–water partition coefficient (Wildman–Crippen LogP) is 4.34. The number of hydrogen-bond acceptors (Lipinski definition) is 13. The number of nitrogens with one attached hydrogen (secondary N) is 1. The molecule has 0 aliphatic carbocycles. The van der Waals surface area contributed by atoms with Gasteiger partial charge in [0.2, 0.25) is 23.4 Å². The first kappa shape index (κ1) is 36.9. The number of ether oxygens (including phenoxy) is 2. The Morgan fingerprint density at radius 2 is 1.33 bits per heavy atom. The number of fused-ring (bicyclic) bond motifs is 2. The molecule has 4 N–H and O–H groups in total. The zero-order valence-electron chi connectivity index (χ0n) is 28.3. The second-order valence-electron chi connectivity index (χ2n) is 11.5. The maximum absolute atomic E-state index is 12.4. The van der Waals surface area contributed by atoms with Crippen molar-refractivity contribution >= 4 is 11.9 Å². The molecule has 272 valence electrons. The number of carboxylic acid groups (broad SMARTS) is 1. The van der Waals surface area contributed by atoms with E-state index in [4.69, 9.17) is 29.4 Å². The van der Waals surface area contributed by atoms with Gasteiger partial charge in [-0.2, -0.15) is 20.2 Å². The van der Waals surface area contributed by atoms with Gasteiger partial charge >= 0.3 is 5.97 Å². The molecule has 52 heavy (non-hydrogen) atoms. The number of hydrogen-bond donors (Lipinski definition) is 3. The van der Waals surface area contributed by atoms with E-state index in [1.54, 1.807) is 26.4 Å². The molecule has 17 nitrogen and oxygen atoms in total. The molecule has 0 spiro atoms. The van der Waals surface area contributed by atoms with E-state index >= 15 is 0 Å². The number of carbonyl (C=O) groups is 2. The van der Waals surface area contributed by atoms with Crippen LogP contribution in [0.2, 0.25) is 0 Å². The highest BCUT2D eigenvalue weighted by atomic mass is 16.5. The molecule has 0 radical (unpaired) electrons. The fraction of sp³-hybridized carbons (Fsp3) is 0.314. The standard InChI is InChI=1S/C17H17N5O3.C12H13N3O2.C5H6N2O2.CH4/c1-3-15-20-16(21-25-15)10-4-5-11-12(9-24-14(11)8-10)19-17(23)13-6-7-18-22(13)2;1-2-11-14-12(15-17-11)7-3-4-8-9(13)6-16-10(8)5-7;1-7-4(5(8)9)2-3-6-7;/h4-8,12H,3,9H2,1-2H3,(H,19,23);3-5,9H,2,6,13H2,1H3;2-3H,1H3,(H,8,9);1H4. The quantitative estimate of drug-likeness (QED) is 0.209. The van der Waals surface area contributed by atoms with Crippen molar-refractivity contribution in [1.82, 2.24) is 45.2 Å². The fourth-order valence-electron chi connectivity index (χ4n) is 5.29. The molecule has 2 aliphatic heterocycles. The van der Waals surface area contributed by atoms with Crippen molar-refractivity contribution in [1.29, 1.82) is 0 Å². The summed E-state index contributed by atoms with van der Waals surface area (Å²) >= 11 is 0. The van der Waals surface area contributed by atoms with Crippen molar-refractivity contribution in [2.24, 2.45) is 19.8 Å². The number of carbonyl (C=O) groups excluding carboxylic acids is 1. The van der Waals surface area contributed by atoms with Crippen molar-refractivity contribution < 1.29 is 33.2 Å². The van der Waals surface area contributed by atoms with Crippen LogP contribution in [-0.4, -0.2) is 70.0 Å². The van der Waals surface area contributed by atoms with Crippen LogP contribution < -0.4 is 20.5 Å². The number of aromatic carboxylic acids is 1. The minimum Gasteiger partial charge on any atom is -0.491 e. The number of nitrogens with zero attached hydrogens (tertiary/aromatic N) is 8. The number of amides is 1. The van der Waals surface area contributed by atoms with Crippen LogP contribution in [0.3, 0.4) is 0 Å². The normalized spacial score (nSPS) is 15.0. The lowest BCUT2D eigenvalue weighted by Crippen LogP contribution is -2.30. The molecule has 0 bridgehead atoms. The second-order valence-corrected chi connectivity index (χ2v) is 11.5. The predicted molar refractivity (Wildman–Crippen MR) is 186 cm³/mol. The second kappa shape index (κ2) is 16.1. The molecule has 4 aromatic heterocycles. The van der Waals surface area contributed by atoms with Gasteiger partial charge in [-0.25, -0.2) is 4.79 Å². The Bertz CT molecular complexity index is 2150. The van der Waals surface area contributed by atoms with Gasteiger partial charge in [0.15, 0.2) is 0 Å². The molecule has 2 aromatic carbocycles. The maximum Gasteiger partial charge on any atom is 0.354 e. The summed E-state index contributed by atoms with van der Waals surface area (Å²) in [5, 5.41) is 27.0. The van der Waals surface area contributed by atoms with E-state index in [0.29, 0.717) is 48.8 Å². The minimum atomic E-state index is -0.949. The van der Waals surface area contributed by atoms with E-state index in [1.165, 1.54) is 21.6 Å². The Morgan fingerprint density at radius 1 is 0.808 bits per heavy atom. The highest BCUT2D eigenvalue weighted by molar-refractivity contribution is 5.92. The number of carboxylic acids is 1. The Morgan fingerprint density at radius 3 is 1.81 bits per heavy atom. The Kier molecular flexibility index (Phi) is 11.4. The van der Waals surface area contributed by atoms with Crippen molar-refractivity contribution in [3.63, 3.8) is 0 Å². The lowest BCUT2D eigenvalue weighted by atomic mass is 10.1. The summed E-state index contributed by atoms with van der Waals surface area (Å²) in [6.45, 7) is 4.85. The van der Waals surface area contributed by atoms with Gasteiger partial charge < -0.3 is 34.7 Å². The number of rotatable bonds is 7. The van der Waals surface area contributed by atoms with Crippen LogP contribution in [0.25, 0.3) is 22.8 Å². The van der Waals surface area contributed by atoms with E-state index in [2.05, 4.69) is 35.8 Å². The molecular formula is C35H40N10O7. The average molecular weight is 713 g/mol. The lowest BCUT2D eigenvalue weighted by molar-refractivity contribution is 0.0684. The Hall–Kier alpha value is -6.36. The van der Waals surface area contributed by atoms with E-state index < -0.39 is 5.97 Å². The third-order valence-electron chi connectivity index (χ3n) is 8.08. The number of nitrogens with two attached hydrogens (primary N) is 1. The molecule has 6 heterocycles. The molecule has 17 heteroatoms. The number of benzene rings is 2. The highest BCUT2D eigenvalue weighted by Crippen LogP contribution is 2.36. The first-order valence-corrected chi connectivity index (χ1v) is 16.1. The maximum atomic E-state index is 12.4. The molecule has 2 unspecified atom stereocenters. The third kappa shape index (κ3) is 7.99. The molecular weight excluding hydrogens is 672 g/mol. The Labute approximate surface area is 298 Å². The molecule has 0 fully saturated rings. The zero-order chi connectivity index (χ0) is 36.1. The van der Waals surface area contributed by atoms with Gasteiger partial charge in [-0.3, -0.25) is 14.2 Å². The summed E-state index contributed by atoms with van der Waals surface area (Å²) in [6, 6.07) is 14.4. The minimum absolute atomic E-state index is 0. The van der Waals surface area contributed by atoms with Crippen LogP contribution in [-0.2, 0) is 26.9 Å². The van der Waals surface area contributed by atoms with Crippen LogP contribution in [0.4, 0.5) is 0 Å². The largest absolute Gasteiger partial charge is 0.491 e. The molecule has 6 aromatic rings. The van der Waals surface area contributed by atoms with Crippen LogP contribution in [0.1, 0.15) is 77.2 Å². The van der Waals surface area contributed by atoms with Gasteiger partial charge in [0, 0.05) is 61.6 Å². The van der Waals surface area contributed by atoms with E-state index in [0.717, 1.165) is 40.2 Å². The van der Waals surface area contributed by atoms with E-state index in [1.807, 2.05) is 50.2 Å². The first-order valence-electron chi connectivity index (χ1n) is 16.1. The van der Waals surface area contributed by atoms with Gasteiger partial charge in [0.1, 0.15) is 36.1 Å². The van der Waals surface area contributed by atoms with Gasteiger partial charge in [0.25, 0.3) is 5.91 Å². The van der Waals surface area contributed by atoms with Crippen LogP contribution in [0, 0.1) is 0 Å². The van der Waals surface area contributed by atoms with Crippen LogP contribution in [0.15, 0.2) is 70.0 Å². The topological polar surface area (TPSA) is 224 Å². The van der Waals surface area contributed by atoms with Gasteiger partial charge in [-0.1, -0.05) is 55.9 Å². The fourth-order valence-corrected chi connectivity index (χ4v) is 5.29. The van der Waals surface area contributed by atoms with Gasteiger partial charge in [-0.15, -0.1) is 0 Å². The van der Waals surface area contributed by atoms with Crippen molar-refractivity contribution in [3.8, 4) is 34.3 Å². The van der Waals surface area contributed by atoms with Gasteiger partial charge in [0.05, 0.1) is 12.1 Å². The Balaban J connectivity index is 0.000000167. The highest BCUT2D eigenvalue weighted by Gasteiger charge is 2.28. The zero-order valence-corrected chi connectivity index (χ0v) is 28.3. The SMILES string of the molecule is C.CCc1nc(-c2ccc3c(c2)OCC3N)no1.CCc1nc(-c2ccc3c(c2)OCC3NC(=O)c2ccnn2C)no1.Cn1nccc1C(=O)O. The summed E-state index contributed by atoms with van der Waals surface area (Å²) in [5.74, 6) is 2.76. The van der Waals surface area contributed by atoms with Crippen LogP contribution in [0.5, 0.6) is 11.5 Å².